The molecule has 0 radical (unpaired) electrons. The Kier molecular flexibility index (Phi) is 4.42. The van der Waals surface area contributed by atoms with Gasteiger partial charge in [0.15, 0.2) is 0 Å². The molecule has 3 heterocycles. The monoisotopic (exact) mass is 354 g/mol. The summed E-state index contributed by atoms with van der Waals surface area (Å²) < 4.78 is 2.02. The van der Waals surface area contributed by atoms with Crippen LogP contribution < -0.4 is 10.9 Å². The largest absolute Gasteiger partial charge is 0.315 e. The maximum Gasteiger partial charge on any atom is 0.272 e. The SMILES string of the molecule is O=c1[nH]n(C2CCCNC2)c(-c2ccncc2)c1-c1ccc(Cl)cc1. The van der Waals surface area contributed by atoms with Crippen LogP contribution in [-0.2, 0) is 0 Å². The van der Waals surface area contributed by atoms with Crippen LogP contribution in [0.15, 0.2) is 53.6 Å². The lowest BCUT2D eigenvalue weighted by Crippen LogP contribution is -2.32. The average molecular weight is 355 g/mol. The molecule has 1 aliphatic rings. The van der Waals surface area contributed by atoms with Crippen LogP contribution in [-0.4, -0.2) is 27.9 Å². The molecule has 1 unspecified atom stereocenters. The van der Waals surface area contributed by atoms with Gasteiger partial charge >= 0.3 is 0 Å². The zero-order valence-corrected chi connectivity index (χ0v) is 14.5. The highest BCUT2D eigenvalue weighted by molar-refractivity contribution is 6.30. The van der Waals surface area contributed by atoms with Crippen molar-refractivity contribution in [2.24, 2.45) is 0 Å². The molecular formula is C19H19ClN4O. The van der Waals surface area contributed by atoms with E-state index < -0.39 is 0 Å². The van der Waals surface area contributed by atoms with E-state index in [0.29, 0.717) is 10.6 Å². The van der Waals surface area contributed by atoms with Crippen LogP contribution in [0.1, 0.15) is 18.9 Å². The van der Waals surface area contributed by atoms with Crippen LogP contribution >= 0.6 is 11.6 Å². The van der Waals surface area contributed by atoms with E-state index in [1.54, 1.807) is 12.4 Å². The normalized spacial score (nSPS) is 17.6. The minimum Gasteiger partial charge on any atom is -0.315 e. The molecule has 0 amide bonds. The van der Waals surface area contributed by atoms with Gasteiger partial charge in [-0.2, -0.15) is 0 Å². The van der Waals surface area contributed by atoms with E-state index in [1.165, 1.54) is 0 Å². The maximum atomic E-state index is 12.8. The highest BCUT2D eigenvalue weighted by Crippen LogP contribution is 2.33. The molecule has 4 rings (SSSR count). The zero-order chi connectivity index (χ0) is 17.2. The second kappa shape index (κ2) is 6.86. The van der Waals surface area contributed by atoms with Crippen LogP contribution in [0.4, 0.5) is 0 Å². The van der Waals surface area contributed by atoms with E-state index in [2.05, 4.69) is 15.4 Å². The molecule has 6 heteroatoms. The fourth-order valence-electron chi connectivity index (χ4n) is 3.45. The summed E-state index contributed by atoms with van der Waals surface area (Å²) in [5.41, 5.74) is 3.33. The summed E-state index contributed by atoms with van der Waals surface area (Å²) in [6, 6.07) is 11.5. The molecule has 1 fully saturated rings. The second-order valence-electron chi connectivity index (χ2n) is 6.28. The molecule has 0 bridgehead atoms. The van der Waals surface area contributed by atoms with E-state index in [4.69, 9.17) is 11.6 Å². The number of rotatable bonds is 3. The summed E-state index contributed by atoms with van der Waals surface area (Å²) in [6.07, 6.45) is 5.64. The lowest BCUT2D eigenvalue weighted by molar-refractivity contribution is 0.348. The molecular weight excluding hydrogens is 336 g/mol. The van der Waals surface area contributed by atoms with Gasteiger partial charge in [0.05, 0.1) is 17.3 Å². The third-order valence-corrected chi connectivity index (χ3v) is 4.90. The van der Waals surface area contributed by atoms with Crippen LogP contribution in [0.5, 0.6) is 0 Å². The first kappa shape index (κ1) is 16.1. The summed E-state index contributed by atoms with van der Waals surface area (Å²) in [5.74, 6) is 0. The number of aromatic nitrogens is 3. The Bertz CT molecular complexity index is 909. The van der Waals surface area contributed by atoms with Gasteiger partial charge in [0.1, 0.15) is 0 Å². The minimum atomic E-state index is -0.0836. The predicted octanol–water partition coefficient (Wildman–Crippen LogP) is 3.48. The van der Waals surface area contributed by atoms with Crippen molar-refractivity contribution in [1.82, 2.24) is 20.1 Å². The second-order valence-corrected chi connectivity index (χ2v) is 6.71. The van der Waals surface area contributed by atoms with Gasteiger partial charge in [0.2, 0.25) is 0 Å². The number of nitrogens with zero attached hydrogens (tertiary/aromatic N) is 2. The molecule has 2 N–H and O–H groups in total. The molecule has 25 heavy (non-hydrogen) atoms. The number of hydrogen-bond acceptors (Lipinski definition) is 3. The molecule has 5 nitrogen and oxygen atoms in total. The molecule has 3 aromatic rings. The van der Waals surface area contributed by atoms with Gasteiger partial charge in [0.25, 0.3) is 5.56 Å². The number of benzene rings is 1. The van der Waals surface area contributed by atoms with Gasteiger partial charge in [-0.1, -0.05) is 23.7 Å². The molecule has 0 saturated carbocycles. The number of piperidine rings is 1. The molecule has 1 atom stereocenters. The van der Waals surface area contributed by atoms with Crippen LogP contribution in [0.25, 0.3) is 22.4 Å². The molecule has 0 aliphatic carbocycles. The van der Waals surface area contributed by atoms with Crippen molar-refractivity contribution in [3.8, 4) is 22.4 Å². The third-order valence-electron chi connectivity index (χ3n) is 4.65. The molecule has 1 saturated heterocycles. The van der Waals surface area contributed by atoms with Gasteiger partial charge in [-0.25, -0.2) is 0 Å². The Morgan fingerprint density at radius 2 is 1.84 bits per heavy atom. The molecule has 1 aliphatic heterocycles. The Labute approximate surface area is 150 Å². The fraction of sp³-hybridized carbons (Fsp3) is 0.263. The van der Waals surface area contributed by atoms with Crippen molar-refractivity contribution in [1.29, 1.82) is 0 Å². The summed E-state index contributed by atoms with van der Waals surface area (Å²) in [6.45, 7) is 1.87. The zero-order valence-electron chi connectivity index (χ0n) is 13.7. The Morgan fingerprint density at radius 1 is 1.08 bits per heavy atom. The number of halogens is 1. The van der Waals surface area contributed by atoms with E-state index in [0.717, 1.165) is 42.8 Å². The molecule has 0 spiro atoms. The quantitative estimate of drug-likeness (QED) is 0.756. The van der Waals surface area contributed by atoms with Crippen molar-refractivity contribution in [3.05, 3.63) is 64.2 Å². The van der Waals surface area contributed by atoms with Gasteiger partial charge in [-0.05, 0) is 49.2 Å². The predicted molar refractivity (Wildman–Crippen MR) is 99.9 cm³/mol. The first-order chi connectivity index (χ1) is 12.2. The van der Waals surface area contributed by atoms with E-state index in [-0.39, 0.29) is 11.6 Å². The average Bonchev–Trinajstić information content (AvgIpc) is 3.01. The van der Waals surface area contributed by atoms with Crippen LogP contribution in [0.2, 0.25) is 5.02 Å². The Morgan fingerprint density at radius 3 is 2.52 bits per heavy atom. The van der Waals surface area contributed by atoms with Gasteiger partial charge in [-0.3, -0.25) is 19.6 Å². The smallest absolute Gasteiger partial charge is 0.272 e. The molecule has 128 valence electrons. The van der Waals surface area contributed by atoms with E-state index in [1.807, 2.05) is 41.1 Å². The number of H-pyrrole nitrogens is 1. The van der Waals surface area contributed by atoms with E-state index >= 15 is 0 Å². The molecule has 2 aromatic heterocycles. The van der Waals surface area contributed by atoms with Gasteiger partial charge in [0, 0.05) is 29.5 Å². The summed E-state index contributed by atoms with van der Waals surface area (Å²) in [5, 5.41) is 7.13. The fourth-order valence-corrected chi connectivity index (χ4v) is 3.58. The van der Waals surface area contributed by atoms with E-state index in [9.17, 15) is 4.79 Å². The third kappa shape index (κ3) is 3.13. The lowest BCUT2D eigenvalue weighted by Gasteiger charge is -2.26. The van der Waals surface area contributed by atoms with Crippen molar-refractivity contribution in [2.45, 2.75) is 18.9 Å². The first-order valence-corrected chi connectivity index (χ1v) is 8.83. The van der Waals surface area contributed by atoms with Crippen molar-refractivity contribution in [3.63, 3.8) is 0 Å². The highest BCUT2D eigenvalue weighted by Gasteiger charge is 2.24. The minimum absolute atomic E-state index is 0.0836. The summed E-state index contributed by atoms with van der Waals surface area (Å²) >= 11 is 6.01. The summed E-state index contributed by atoms with van der Waals surface area (Å²) in [7, 11) is 0. The highest BCUT2D eigenvalue weighted by atomic mass is 35.5. The Hall–Kier alpha value is -2.37. The van der Waals surface area contributed by atoms with Crippen molar-refractivity contribution in [2.75, 3.05) is 13.1 Å². The number of nitrogens with one attached hydrogen (secondary N) is 2. The van der Waals surface area contributed by atoms with Crippen LogP contribution in [0, 0.1) is 0 Å². The molecule has 1 aromatic carbocycles. The van der Waals surface area contributed by atoms with Crippen molar-refractivity contribution < 1.29 is 0 Å². The number of pyridine rings is 1. The number of aromatic amines is 1. The van der Waals surface area contributed by atoms with Gasteiger partial charge < -0.3 is 5.32 Å². The topological polar surface area (TPSA) is 62.7 Å². The van der Waals surface area contributed by atoms with Gasteiger partial charge in [-0.15, -0.1) is 0 Å². The standard InChI is InChI=1S/C19H19ClN4O/c20-15-5-3-13(4-6-15)17-18(14-7-10-21-11-8-14)24(23-19(17)25)16-2-1-9-22-12-16/h3-8,10-11,16,22H,1-2,9,12H2,(H,23,25). The Balaban J connectivity index is 1.92. The number of hydrogen-bond donors (Lipinski definition) is 2. The van der Waals surface area contributed by atoms with Crippen molar-refractivity contribution >= 4 is 11.6 Å². The van der Waals surface area contributed by atoms with Crippen LogP contribution in [0.3, 0.4) is 0 Å². The maximum absolute atomic E-state index is 12.8. The first-order valence-electron chi connectivity index (χ1n) is 8.45. The summed E-state index contributed by atoms with van der Waals surface area (Å²) in [4.78, 5) is 16.9. The lowest BCUT2D eigenvalue weighted by atomic mass is 10.0.